The molecule has 0 aliphatic carbocycles. The third-order valence-electron chi connectivity index (χ3n) is 0.643. The molecule has 0 rings (SSSR count). The standard InChI is InChI=1S/C5H8S.C4H8N2/c1-3-5-6-4-2;1-3-4-6-5-2/h3-5H,2H2,1H3;3-4,6H,2H2,1H3/b5-3-;4-3-. The minimum atomic E-state index is 1.59. The van der Waals surface area contributed by atoms with Crippen LogP contribution >= 0.6 is 11.8 Å². The normalized spacial score (nSPS) is 9.17. The summed E-state index contributed by atoms with van der Waals surface area (Å²) in [4.78, 5) is 0. The molecule has 0 aromatic heterocycles. The molecule has 0 saturated carbocycles. The second kappa shape index (κ2) is 16.6. The lowest BCUT2D eigenvalue weighted by Crippen LogP contribution is -1.87. The summed E-state index contributed by atoms with van der Waals surface area (Å²) < 4.78 is 0. The molecule has 2 nitrogen and oxygen atoms in total. The Morgan fingerprint density at radius 3 is 2.17 bits per heavy atom. The van der Waals surface area contributed by atoms with E-state index in [1.165, 1.54) is 0 Å². The second-order valence-corrected chi connectivity index (χ2v) is 2.44. The van der Waals surface area contributed by atoms with Crippen molar-refractivity contribution in [2.24, 2.45) is 5.10 Å². The molecule has 0 unspecified atom stereocenters. The van der Waals surface area contributed by atoms with Gasteiger partial charge in [0, 0.05) is 12.9 Å². The fourth-order valence-corrected chi connectivity index (χ4v) is 0.530. The Labute approximate surface area is 79.1 Å². The first kappa shape index (κ1) is 13.6. The molecule has 12 heavy (non-hydrogen) atoms. The molecule has 0 aliphatic heterocycles. The summed E-state index contributed by atoms with van der Waals surface area (Å²) in [5.74, 6) is 0. The van der Waals surface area contributed by atoms with E-state index in [0.29, 0.717) is 0 Å². The second-order valence-electron chi connectivity index (χ2n) is 1.56. The molecule has 0 saturated heterocycles. The van der Waals surface area contributed by atoms with Crippen LogP contribution in [0.15, 0.2) is 40.8 Å². The predicted molar refractivity (Wildman–Crippen MR) is 60.1 cm³/mol. The van der Waals surface area contributed by atoms with Crippen LogP contribution < -0.4 is 5.43 Å². The van der Waals surface area contributed by atoms with Crippen LogP contribution in [0.4, 0.5) is 0 Å². The van der Waals surface area contributed by atoms with Crippen molar-refractivity contribution in [3.05, 3.63) is 35.7 Å². The Morgan fingerprint density at radius 1 is 1.33 bits per heavy atom. The molecule has 0 aromatic rings. The molecular weight excluding hydrogens is 168 g/mol. The lowest BCUT2D eigenvalue weighted by molar-refractivity contribution is 0.979. The van der Waals surface area contributed by atoms with E-state index in [0.717, 1.165) is 0 Å². The van der Waals surface area contributed by atoms with E-state index in [2.05, 4.69) is 23.8 Å². The summed E-state index contributed by atoms with van der Waals surface area (Å²) in [6, 6.07) is 0. The zero-order chi connectivity index (χ0) is 9.66. The number of allylic oxidation sites excluding steroid dienone is 2. The largest absolute Gasteiger partial charge is 0.287 e. The molecule has 0 atom stereocenters. The summed E-state index contributed by atoms with van der Waals surface area (Å²) in [5.41, 5.74) is 2.53. The van der Waals surface area contributed by atoms with Crippen molar-refractivity contribution in [1.82, 2.24) is 5.43 Å². The van der Waals surface area contributed by atoms with E-state index in [1.54, 1.807) is 23.4 Å². The van der Waals surface area contributed by atoms with Gasteiger partial charge < -0.3 is 0 Å². The highest BCUT2D eigenvalue weighted by atomic mass is 32.2. The molecule has 0 fully saturated rings. The van der Waals surface area contributed by atoms with Gasteiger partial charge in [-0.2, -0.15) is 5.10 Å². The topological polar surface area (TPSA) is 24.4 Å². The van der Waals surface area contributed by atoms with Crippen molar-refractivity contribution >= 4 is 18.5 Å². The van der Waals surface area contributed by atoms with Gasteiger partial charge in [-0.15, -0.1) is 11.8 Å². The molecule has 0 aromatic carbocycles. The number of thioether (sulfide) groups is 1. The van der Waals surface area contributed by atoms with Crippen LogP contribution in [-0.4, -0.2) is 6.72 Å². The molecule has 3 heteroatoms. The van der Waals surface area contributed by atoms with E-state index in [-0.39, 0.29) is 0 Å². The van der Waals surface area contributed by atoms with Gasteiger partial charge in [0.1, 0.15) is 0 Å². The first-order valence-electron chi connectivity index (χ1n) is 3.53. The first-order valence-corrected chi connectivity index (χ1v) is 4.47. The van der Waals surface area contributed by atoms with Gasteiger partial charge in [-0.1, -0.05) is 18.7 Å². The number of hydrogen-bond acceptors (Lipinski definition) is 3. The third-order valence-corrected chi connectivity index (χ3v) is 1.27. The summed E-state index contributed by atoms with van der Waals surface area (Å²) in [6.07, 6.45) is 5.52. The fraction of sp³-hybridized carbons (Fsp3) is 0.222. The Kier molecular flexibility index (Phi) is 18.8. The number of nitrogens with zero attached hydrogens (tertiary/aromatic N) is 1. The van der Waals surface area contributed by atoms with Crippen molar-refractivity contribution < 1.29 is 0 Å². The predicted octanol–water partition coefficient (Wildman–Crippen LogP) is 3.12. The summed E-state index contributed by atoms with van der Waals surface area (Å²) in [7, 11) is 0. The summed E-state index contributed by atoms with van der Waals surface area (Å²) in [5, 5.41) is 7.11. The Hall–Kier alpha value is -0.960. The maximum Gasteiger partial charge on any atom is 0.0156 e. The van der Waals surface area contributed by atoms with Gasteiger partial charge >= 0.3 is 0 Å². The van der Waals surface area contributed by atoms with Crippen LogP contribution in [0.1, 0.15) is 13.8 Å². The highest BCUT2D eigenvalue weighted by Crippen LogP contribution is 1.99. The maximum atomic E-state index is 3.51. The van der Waals surface area contributed by atoms with Crippen LogP contribution in [0.5, 0.6) is 0 Å². The van der Waals surface area contributed by atoms with Crippen molar-refractivity contribution in [2.45, 2.75) is 13.8 Å². The monoisotopic (exact) mass is 184 g/mol. The maximum absolute atomic E-state index is 3.51. The number of nitrogens with one attached hydrogen (secondary N) is 1. The van der Waals surface area contributed by atoms with Gasteiger partial charge in [-0.25, -0.2) is 0 Å². The number of hydrazone groups is 1. The Balaban J connectivity index is 0. The van der Waals surface area contributed by atoms with Crippen LogP contribution in [0, 0.1) is 0 Å². The average Bonchev–Trinajstić information content (AvgIpc) is 2.12. The first-order chi connectivity index (χ1) is 5.83. The third kappa shape index (κ3) is 23.0. The number of hydrogen-bond donors (Lipinski definition) is 1. The molecule has 0 bridgehead atoms. The van der Waals surface area contributed by atoms with Gasteiger partial charge in [0.15, 0.2) is 0 Å². The summed E-state index contributed by atoms with van der Waals surface area (Å²) >= 11 is 1.59. The van der Waals surface area contributed by atoms with E-state index in [9.17, 15) is 0 Å². The van der Waals surface area contributed by atoms with E-state index >= 15 is 0 Å². The van der Waals surface area contributed by atoms with E-state index < -0.39 is 0 Å². The zero-order valence-corrected chi connectivity index (χ0v) is 8.47. The van der Waals surface area contributed by atoms with Crippen molar-refractivity contribution in [2.75, 3.05) is 0 Å². The van der Waals surface area contributed by atoms with Gasteiger partial charge in [0.25, 0.3) is 0 Å². The highest BCUT2D eigenvalue weighted by molar-refractivity contribution is 8.04. The lowest BCUT2D eigenvalue weighted by Gasteiger charge is -1.78. The smallest absolute Gasteiger partial charge is 0.0156 e. The minimum absolute atomic E-state index is 1.59. The zero-order valence-electron chi connectivity index (χ0n) is 7.66. The molecule has 68 valence electrons. The average molecular weight is 184 g/mol. The van der Waals surface area contributed by atoms with Crippen molar-refractivity contribution in [3.8, 4) is 0 Å². The highest BCUT2D eigenvalue weighted by Gasteiger charge is 1.57. The molecule has 0 amide bonds. The van der Waals surface area contributed by atoms with Crippen molar-refractivity contribution in [1.29, 1.82) is 0 Å². The van der Waals surface area contributed by atoms with Crippen LogP contribution in [-0.2, 0) is 0 Å². The molecule has 0 radical (unpaired) electrons. The van der Waals surface area contributed by atoms with Gasteiger partial charge in [0.05, 0.1) is 0 Å². The van der Waals surface area contributed by atoms with E-state index in [4.69, 9.17) is 0 Å². The van der Waals surface area contributed by atoms with Gasteiger partial charge in [0.2, 0.25) is 0 Å². The quantitative estimate of drug-likeness (QED) is 0.536. The molecule has 0 heterocycles. The Bertz CT molecular complexity index is 133. The van der Waals surface area contributed by atoms with Crippen LogP contribution in [0.2, 0.25) is 0 Å². The molecule has 0 aliphatic rings. The SMILES string of the molecule is C=CS/C=C\C.C=NN/C=C\C. The van der Waals surface area contributed by atoms with E-state index in [1.807, 2.05) is 31.4 Å². The fourth-order valence-electron chi connectivity index (χ4n) is 0.261. The van der Waals surface area contributed by atoms with Crippen LogP contribution in [0.25, 0.3) is 0 Å². The summed E-state index contributed by atoms with van der Waals surface area (Å²) in [6.45, 7) is 10.6. The number of rotatable bonds is 4. The van der Waals surface area contributed by atoms with Crippen LogP contribution in [0.3, 0.4) is 0 Å². The minimum Gasteiger partial charge on any atom is -0.287 e. The Morgan fingerprint density at radius 2 is 2.00 bits per heavy atom. The van der Waals surface area contributed by atoms with Gasteiger partial charge in [-0.3, -0.25) is 5.43 Å². The molecule has 1 N–H and O–H groups in total. The molecular formula is C9H16N2S. The van der Waals surface area contributed by atoms with Gasteiger partial charge in [-0.05, 0) is 24.7 Å². The lowest BCUT2D eigenvalue weighted by atomic mass is 10.7. The molecule has 0 spiro atoms. The van der Waals surface area contributed by atoms with Crippen molar-refractivity contribution in [3.63, 3.8) is 0 Å².